The number of ether oxygens (including phenoxy) is 4. The molecule has 0 saturated carbocycles. The van der Waals surface area contributed by atoms with Gasteiger partial charge in [0.1, 0.15) is 24.2 Å². The van der Waals surface area contributed by atoms with Crippen LogP contribution in [0.4, 0.5) is 0 Å². The van der Waals surface area contributed by atoms with Gasteiger partial charge in [0.05, 0.1) is 19.5 Å². The van der Waals surface area contributed by atoms with Gasteiger partial charge in [-0.25, -0.2) is 0 Å². The van der Waals surface area contributed by atoms with E-state index in [2.05, 4.69) is 0 Å². The molecular weight excluding hydrogens is 296 g/mol. The van der Waals surface area contributed by atoms with Crippen LogP contribution in [0.15, 0.2) is 24.3 Å². The summed E-state index contributed by atoms with van der Waals surface area (Å²) in [6, 6.07) is 7.31. The van der Waals surface area contributed by atoms with E-state index < -0.39 is 5.97 Å². The lowest BCUT2D eigenvalue weighted by Crippen LogP contribution is -2.21. The largest absolute Gasteiger partial charge is 0.497 e. The molecule has 0 aromatic heterocycles. The van der Waals surface area contributed by atoms with Crippen LogP contribution < -0.4 is 9.47 Å². The maximum Gasteiger partial charge on any atom is 0.313 e. The molecule has 6 nitrogen and oxygen atoms in total. The van der Waals surface area contributed by atoms with Crippen LogP contribution in [-0.2, 0) is 14.3 Å². The minimum Gasteiger partial charge on any atom is -0.497 e. The third-order valence-electron chi connectivity index (χ3n) is 2.79. The average Bonchev–Trinajstić information content (AvgIpc) is 2.93. The quantitative estimate of drug-likeness (QED) is 0.781. The Balaban J connectivity index is 1.66. The molecule has 2 atom stereocenters. The van der Waals surface area contributed by atoms with Gasteiger partial charge in [-0.15, -0.1) is 11.8 Å². The summed E-state index contributed by atoms with van der Waals surface area (Å²) in [5.74, 6) is 1.24. The molecule has 7 heteroatoms. The molecule has 0 amide bonds. The summed E-state index contributed by atoms with van der Waals surface area (Å²) in [4.78, 5) is 10.4. The molecule has 1 heterocycles. The van der Waals surface area contributed by atoms with Gasteiger partial charge in [0, 0.05) is 5.75 Å². The highest BCUT2D eigenvalue weighted by molar-refractivity contribution is 7.99. The number of thioether (sulfide) groups is 1. The Morgan fingerprint density at radius 3 is 2.76 bits per heavy atom. The zero-order valence-electron chi connectivity index (χ0n) is 11.7. The highest BCUT2D eigenvalue weighted by atomic mass is 32.2. The second kappa shape index (κ2) is 8.11. The van der Waals surface area contributed by atoms with Crippen LogP contribution in [-0.4, -0.2) is 55.3 Å². The van der Waals surface area contributed by atoms with E-state index in [9.17, 15) is 4.79 Å². The van der Waals surface area contributed by atoms with Crippen LogP contribution in [0, 0.1) is 0 Å². The molecule has 0 radical (unpaired) electrons. The number of aliphatic carboxylic acids is 1. The number of hydrogen-bond donors (Lipinski definition) is 1. The standard InChI is InChI=1S/C14H18O6S/c1-17-10-2-4-11(5-3-10)18-6-12-7-19-14(20-12)9-21-8-13(15)16/h2-5,12,14H,6-9H2,1H3,(H,15,16). The molecule has 116 valence electrons. The van der Waals surface area contributed by atoms with Crippen molar-refractivity contribution in [1.29, 1.82) is 0 Å². The Bertz CT molecular complexity index is 449. The van der Waals surface area contributed by atoms with Crippen LogP contribution in [0.5, 0.6) is 11.5 Å². The lowest BCUT2D eigenvalue weighted by Gasteiger charge is -2.12. The minimum absolute atomic E-state index is 0.0518. The Labute approximate surface area is 127 Å². The zero-order chi connectivity index (χ0) is 15.1. The fourth-order valence-corrected chi connectivity index (χ4v) is 2.45. The van der Waals surface area contributed by atoms with Crippen molar-refractivity contribution in [2.75, 3.05) is 31.8 Å². The number of methoxy groups -OCH3 is 1. The summed E-state index contributed by atoms with van der Waals surface area (Å²) >= 11 is 1.27. The number of rotatable bonds is 8. The van der Waals surface area contributed by atoms with Crippen molar-refractivity contribution in [3.63, 3.8) is 0 Å². The third kappa shape index (κ3) is 5.45. The highest BCUT2D eigenvalue weighted by Gasteiger charge is 2.26. The summed E-state index contributed by atoms with van der Waals surface area (Å²) in [6.07, 6.45) is -0.499. The van der Waals surface area contributed by atoms with Crippen LogP contribution in [0.1, 0.15) is 0 Å². The molecule has 2 unspecified atom stereocenters. The summed E-state index contributed by atoms with van der Waals surface area (Å²) < 4.78 is 21.8. The molecular formula is C14H18O6S. The fourth-order valence-electron chi connectivity index (χ4n) is 1.79. The van der Waals surface area contributed by atoms with Gasteiger partial charge in [0.15, 0.2) is 6.29 Å². The zero-order valence-corrected chi connectivity index (χ0v) is 12.5. The molecule has 1 saturated heterocycles. The molecule has 2 rings (SSSR count). The van der Waals surface area contributed by atoms with E-state index in [1.165, 1.54) is 11.8 Å². The van der Waals surface area contributed by atoms with Crippen LogP contribution in [0.2, 0.25) is 0 Å². The molecule has 1 aliphatic rings. The van der Waals surface area contributed by atoms with E-state index in [1.54, 1.807) is 7.11 Å². The Morgan fingerprint density at radius 2 is 2.10 bits per heavy atom. The van der Waals surface area contributed by atoms with Gasteiger partial charge in [-0.05, 0) is 24.3 Å². The van der Waals surface area contributed by atoms with E-state index in [4.69, 9.17) is 24.1 Å². The first kappa shape index (κ1) is 15.9. The van der Waals surface area contributed by atoms with E-state index in [-0.39, 0.29) is 18.1 Å². The predicted molar refractivity (Wildman–Crippen MR) is 78.1 cm³/mol. The van der Waals surface area contributed by atoms with Crippen molar-refractivity contribution in [3.05, 3.63) is 24.3 Å². The van der Waals surface area contributed by atoms with Gasteiger partial charge in [-0.3, -0.25) is 4.79 Å². The topological polar surface area (TPSA) is 74.2 Å². The van der Waals surface area contributed by atoms with Gasteiger partial charge in [0.2, 0.25) is 0 Å². The fraction of sp³-hybridized carbons (Fsp3) is 0.500. The lowest BCUT2D eigenvalue weighted by molar-refractivity contribution is -0.133. The van der Waals surface area contributed by atoms with E-state index in [0.29, 0.717) is 19.0 Å². The molecule has 1 aliphatic heterocycles. The molecule has 0 aliphatic carbocycles. The van der Waals surface area contributed by atoms with E-state index in [1.807, 2.05) is 24.3 Å². The lowest BCUT2D eigenvalue weighted by atomic mass is 10.3. The first-order chi connectivity index (χ1) is 10.2. The van der Waals surface area contributed by atoms with Crippen LogP contribution in [0.3, 0.4) is 0 Å². The van der Waals surface area contributed by atoms with Crippen LogP contribution in [0.25, 0.3) is 0 Å². The van der Waals surface area contributed by atoms with Crippen molar-refractivity contribution in [2.45, 2.75) is 12.4 Å². The van der Waals surface area contributed by atoms with Gasteiger partial charge in [-0.2, -0.15) is 0 Å². The second-order valence-electron chi connectivity index (χ2n) is 4.42. The van der Waals surface area contributed by atoms with Gasteiger partial charge < -0.3 is 24.1 Å². The first-order valence-corrected chi connectivity index (χ1v) is 7.66. The number of carboxylic acids is 1. The number of hydrogen-bond acceptors (Lipinski definition) is 6. The Kier molecular flexibility index (Phi) is 6.16. The predicted octanol–water partition coefficient (Wildman–Crippen LogP) is 1.63. The second-order valence-corrected chi connectivity index (χ2v) is 5.45. The molecule has 21 heavy (non-hydrogen) atoms. The molecule has 1 N–H and O–H groups in total. The molecule has 0 spiro atoms. The van der Waals surface area contributed by atoms with Crippen molar-refractivity contribution in [2.24, 2.45) is 0 Å². The monoisotopic (exact) mass is 314 g/mol. The smallest absolute Gasteiger partial charge is 0.313 e. The molecule has 1 fully saturated rings. The third-order valence-corrected chi connectivity index (χ3v) is 3.75. The Hall–Kier alpha value is -1.44. The van der Waals surface area contributed by atoms with Gasteiger partial charge in [0.25, 0.3) is 0 Å². The summed E-state index contributed by atoms with van der Waals surface area (Å²) in [6.45, 7) is 0.848. The van der Waals surface area contributed by atoms with E-state index >= 15 is 0 Å². The highest BCUT2D eigenvalue weighted by Crippen LogP contribution is 2.20. The van der Waals surface area contributed by atoms with E-state index in [0.717, 1.165) is 11.5 Å². The minimum atomic E-state index is -0.836. The van der Waals surface area contributed by atoms with Crippen LogP contribution >= 0.6 is 11.8 Å². The van der Waals surface area contributed by atoms with Crippen molar-refractivity contribution in [3.8, 4) is 11.5 Å². The molecule has 0 bridgehead atoms. The SMILES string of the molecule is COc1ccc(OCC2COC(CSCC(=O)O)O2)cc1. The normalized spacial score (nSPS) is 21.2. The summed E-state index contributed by atoms with van der Waals surface area (Å²) in [5.41, 5.74) is 0. The maximum atomic E-state index is 10.4. The van der Waals surface area contributed by atoms with Crippen molar-refractivity contribution < 1.29 is 28.8 Å². The average molecular weight is 314 g/mol. The van der Waals surface area contributed by atoms with Crippen molar-refractivity contribution in [1.82, 2.24) is 0 Å². The first-order valence-electron chi connectivity index (χ1n) is 6.51. The number of carboxylic acid groups (broad SMARTS) is 1. The number of carbonyl (C=O) groups is 1. The maximum absolute atomic E-state index is 10.4. The molecule has 1 aromatic carbocycles. The van der Waals surface area contributed by atoms with Crippen molar-refractivity contribution >= 4 is 17.7 Å². The van der Waals surface area contributed by atoms with Gasteiger partial charge in [-0.1, -0.05) is 0 Å². The summed E-state index contributed by atoms with van der Waals surface area (Å²) in [7, 11) is 1.61. The number of benzene rings is 1. The Morgan fingerprint density at radius 1 is 1.38 bits per heavy atom. The summed E-state index contributed by atoms with van der Waals surface area (Å²) in [5, 5.41) is 8.56. The molecule has 1 aromatic rings. The van der Waals surface area contributed by atoms with Gasteiger partial charge >= 0.3 is 5.97 Å².